The Balaban J connectivity index is 1.12. The van der Waals surface area contributed by atoms with Crippen LogP contribution in [0.25, 0.3) is 123 Å². The third-order valence-corrected chi connectivity index (χ3v) is 12.4. The van der Waals surface area contributed by atoms with Gasteiger partial charge in [0.25, 0.3) is 0 Å². The molecule has 0 radical (unpaired) electrons. The monoisotopic (exact) mass is 867 g/mol. The van der Waals surface area contributed by atoms with Gasteiger partial charge in [0.15, 0.2) is 11.6 Å². The summed E-state index contributed by atoms with van der Waals surface area (Å²) in [6.45, 7) is 0. The average Bonchev–Trinajstić information content (AvgIpc) is 3.43. The van der Waals surface area contributed by atoms with E-state index >= 15 is 0 Å². The van der Waals surface area contributed by atoms with E-state index in [9.17, 15) is 0 Å². The Morgan fingerprint density at radius 2 is 0.485 bits per heavy atom. The summed E-state index contributed by atoms with van der Waals surface area (Å²) in [5.74, 6) is 1.28. The molecule has 0 aliphatic rings. The molecule has 5 heteroatoms. The maximum absolute atomic E-state index is 5.42. The Labute approximate surface area is 394 Å². The van der Waals surface area contributed by atoms with Crippen LogP contribution in [0.4, 0.5) is 0 Å². The molecule has 12 rings (SSSR count). The third-order valence-electron chi connectivity index (χ3n) is 12.4. The molecule has 0 aliphatic heterocycles. The lowest BCUT2D eigenvalue weighted by atomic mass is 9.95. The van der Waals surface area contributed by atoms with Crippen molar-refractivity contribution in [2.75, 3.05) is 0 Å². The summed E-state index contributed by atoms with van der Waals surface area (Å²) in [6, 6.07) is 86.4. The molecule has 0 spiro atoms. The van der Waals surface area contributed by atoms with Gasteiger partial charge in [-0.15, -0.1) is 0 Å². The fourth-order valence-corrected chi connectivity index (χ4v) is 8.92. The van der Waals surface area contributed by atoms with Gasteiger partial charge in [0.05, 0.1) is 34.2 Å². The van der Waals surface area contributed by atoms with Crippen LogP contribution in [0, 0.1) is 0 Å². The van der Waals surface area contributed by atoms with Gasteiger partial charge in [0.1, 0.15) is 0 Å². The number of aromatic nitrogens is 5. The fraction of sp³-hybridized carbons (Fsp3) is 0. The van der Waals surface area contributed by atoms with Crippen LogP contribution in [-0.2, 0) is 0 Å². The summed E-state index contributed by atoms with van der Waals surface area (Å²) in [6.07, 6.45) is 0. The SMILES string of the molecule is c1ccc(-c2cc(-c3ccccc3)nc(-c3cc(-c4cc(-c5ccc6ccccc6c5)nc(-c5ccccc5)n4)cc(-c4cc(-c5ccc6ccccc6c5)nc(-c5ccccc5)n4)c3)c2)cc1. The molecule has 0 saturated heterocycles. The summed E-state index contributed by atoms with van der Waals surface area (Å²) in [4.78, 5) is 26.6. The second-order valence-electron chi connectivity index (χ2n) is 16.9. The molecule has 0 atom stereocenters. The highest BCUT2D eigenvalue weighted by molar-refractivity contribution is 5.90. The Bertz CT molecular complexity index is 3540. The number of nitrogens with zero attached hydrogens (tertiary/aromatic N) is 5. The molecule has 0 unspecified atom stereocenters. The van der Waals surface area contributed by atoms with Crippen LogP contribution < -0.4 is 0 Å². The number of hydrogen-bond acceptors (Lipinski definition) is 5. The molecule has 0 fully saturated rings. The van der Waals surface area contributed by atoms with Gasteiger partial charge in [0.2, 0.25) is 0 Å². The topological polar surface area (TPSA) is 64.5 Å². The second kappa shape index (κ2) is 17.7. The lowest BCUT2D eigenvalue weighted by Crippen LogP contribution is -1.99. The molecule has 9 aromatic carbocycles. The Hall–Kier alpha value is -9.19. The third kappa shape index (κ3) is 8.21. The normalized spacial score (nSPS) is 11.2. The summed E-state index contributed by atoms with van der Waals surface area (Å²) in [5.41, 5.74) is 14.7. The molecule has 0 N–H and O–H groups in total. The smallest absolute Gasteiger partial charge is 0.160 e. The van der Waals surface area contributed by atoms with Crippen molar-refractivity contribution in [1.29, 1.82) is 0 Å². The molecule has 0 amide bonds. The number of hydrogen-bond donors (Lipinski definition) is 0. The van der Waals surface area contributed by atoms with Gasteiger partial charge < -0.3 is 0 Å². The highest BCUT2D eigenvalue weighted by atomic mass is 14.9. The molecule has 3 heterocycles. The van der Waals surface area contributed by atoms with Gasteiger partial charge in [-0.2, -0.15) is 0 Å². The van der Waals surface area contributed by atoms with Crippen LogP contribution >= 0.6 is 0 Å². The zero-order valence-electron chi connectivity index (χ0n) is 36.9. The summed E-state index contributed by atoms with van der Waals surface area (Å²) < 4.78 is 0. The van der Waals surface area contributed by atoms with E-state index in [0.29, 0.717) is 11.6 Å². The van der Waals surface area contributed by atoms with Crippen LogP contribution in [0.3, 0.4) is 0 Å². The van der Waals surface area contributed by atoms with Crippen LogP contribution in [0.5, 0.6) is 0 Å². The van der Waals surface area contributed by atoms with Gasteiger partial charge in [-0.05, 0) is 87.3 Å². The van der Waals surface area contributed by atoms with E-state index in [0.717, 1.165) is 101 Å². The van der Waals surface area contributed by atoms with Crippen molar-refractivity contribution in [3.8, 4) is 101 Å². The predicted octanol–water partition coefficient (Wildman–Crippen LogP) is 16.0. The van der Waals surface area contributed by atoms with Crippen LogP contribution in [-0.4, -0.2) is 24.9 Å². The second-order valence-corrected chi connectivity index (χ2v) is 16.9. The number of benzene rings is 9. The van der Waals surface area contributed by atoms with Crippen LogP contribution in [0.2, 0.25) is 0 Å². The quantitative estimate of drug-likeness (QED) is 0.145. The first kappa shape index (κ1) is 40.3. The van der Waals surface area contributed by atoms with Gasteiger partial charge in [0, 0.05) is 44.5 Å². The van der Waals surface area contributed by atoms with E-state index in [4.69, 9.17) is 24.9 Å². The average molecular weight is 868 g/mol. The first-order chi connectivity index (χ1) is 33.6. The lowest BCUT2D eigenvalue weighted by molar-refractivity contribution is 1.18. The number of fused-ring (bicyclic) bond motifs is 2. The van der Waals surface area contributed by atoms with Crippen molar-refractivity contribution in [3.63, 3.8) is 0 Å². The van der Waals surface area contributed by atoms with E-state index in [-0.39, 0.29) is 0 Å². The van der Waals surface area contributed by atoms with Crippen molar-refractivity contribution < 1.29 is 0 Å². The molecule has 0 bridgehead atoms. The Morgan fingerprint density at radius 3 is 0.912 bits per heavy atom. The van der Waals surface area contributed by atoms with Gasteiger partial charge in [-0.1, -0.05) is 194 Å². The van der Waals surface area contributed by atoms with E-state index < -0.39 is 0 Å². The molecule has 0 saturated carbocycles. The zero-order valence-corrected chi connectivity index (χ0v) is 36.9. The Kier molecular flexibility index (Phi) is 10.5. The number of pyridine rings is 1. The molecule has 12 aromatic rings. The van der Waals surface area contributed by atoms with Crippen LogP contribution in [0.15, 0.2) is 249 Å². The lowest BCUT2D eigenvalue weighted by Gasteiger charge is -2.15. The van der Waals surface area contributed by atoms with E-state index in [1.807, 2.05) is 42.5 Å². The minimum absolute atomic E-state index is 0.640. The van der Waals surface area contributed by atoms with Crippen molar-refractivity contribution in [2.45, 2.75) is 0 Å². The largest absolute Gasteiger partial charge is 0.248 e. The molecule has 3 aromatic heterocycles. The minimum Gasteiger partial charge on any atom is -0.248 e. The highest BCUT2D eigenvalue weighted by Crippen LogP contribution is 2.38. The predicted molar refractivity (Wildman–Crippen MR) is 279 cm³/mol. The van der Waals surface area contributed by atoms with E-state index in [2.05, 4.69) is 206 Å². The number of rotatable bonds is 9. The zero-order chi connectivity index (χ0) is 45.2. The maximum atomic E-state index is 5.42. The minimum atomic E-state index is 0.640. The molecule has 318 valence electrons. The van der Waals surface area contributed by atoms with Crippen molar-refractivity contribution >= 4 is 21.5 Å². The van der Waals surface area contributed by atoms with Crippen LogP contribution in [0.1, 0.15) is 0 Å². The van der Waals surface area contributed by atoms with Gasteiger partial charge >= 0.3 is 0 Å². The van der Waals surface area contributed by atoms with E-state index in [1.54, 1.807) is 0 Å². The van der Waals surface area contributed by atoms with Crippen molar-refractivity contribution in [1.82, 2.24) is 24.9 Å². The molecular formula is C63H41N5. The summed E-state index contributed by atoms with van der Waals surface area (Å²) in [7, 11) is 0. The van der Waals surface area contributed by atoms with Gasteiger partial charge in [-0.3, -0.25) is 0 Å². The van der Waals surface area contributed by atoms with Gasteiger partial charge in [-0.25, -0.2) is 24.9 Å². The van der Waals surface area contributed by atoms with E-state index in [1.165, 1.54) is 10.8 Å². The first-order valence-electron chi connectivity index (χ1n) is 22.8. The molecule has 68 heavy (non-hydrogen) atoms. The first-order valence-corrected chi connectivity index (χ1v) is 22.8. The molecule has 0 aliphatic carbocycles. The summed E-state index contributed by atoms with van der Waals surface area (Å²) >= 11 is 0. The van der Waals surface area contributed by atoms with Crippen molar-refractivity contribution in [2.24, 2.45) is 0 Å². The maximum Gasteiger partial charge on any atom is 0.160 e. The molecular weight excluding hydrogens is 827 g/mol. The van der Waals surface area contributed by atoms with Crippen molar-refractivity contribution in [3.05, 3.63) is 249 Å². The standard InChI is InChI=1S/C63H41N5/c1-5-17-42(18-6-1)52-38-56(45-21-7-2-8-22-45)64-57(39-52)53-35-54(60-40-58(65-62(67-60)46-23-9-3-10-24-46)50-31-29-43-19-13-15-27-48(43)33-50)37-55(36-53)61-41-59(66-63(68-61)47-25-11-4-12-26-47)51-32-30-44-20-14-16-28-49(44)34-51/h1-41H. The fourth-order valence-electron chi connectivity index (χ4n) is 8.92. The molecule has 5 nitrogen and oxygen atoms in total. The summed E-state index contributed by atoms with van der Waals surface area (Å²) in [5, 5.41) is 4.65. The highest BCUT2D eigenvalue weighted by Gasteiger charge is 2.18. The Morgan fingerprint density at radius 1 is 0.162 bits per heavy atom.